The van der Waals surface area contributed by atoms with Gasteiger partial charge in [0.2, 0.25) is 0 Å². The van der Waals surface area contributed by atoms with E-state index < -0.39 is 10.8 Å². The first-order valence-electron chi connectivity index (χ1n) is 4.62. The molecule has 0 bridgehead atoms. The molecule has 2 nitrogen and oxygen atoms in total. The van der Waals surface area contributed by atoms with E-state index in [1.807, 2.05) is 41.5 Å². The predicted molar refractivity (Wildman–Crippen MR) is 53.5 cm³/mol. The van der Waals surface area contributed by atoms with Gasteiger partial charge >= 0.3 is 26.2 Å². The van der Waals surface area contributed by atoms with Crippen molar-refractivity contribution in [3.63, 3.8) is 0 Å². The van der Waals surface area contributed by atoms with Crippen LogP contribution in [0.5, 0.6) is 0 Å². The second-order valence-corrected chi connectivity index (χ2v) is 5.52. The molecule has 0 saturated carbocycles. The molecule has 0 fully saturated rings. The van der Waals surface area contributed by atoms with E-state index in [0.717, 1.165) is 0 Å². The topological polar surface area (TPSA) is 34.1 Å². The molecule has 0 radical (unpaired) electrons. The molecule has 0 aliphatic rings. The summed E-state index contributed by atoms with van der Waals surface area (Å²) in [6.07, 6.45) is 0.0625. The van der Waals surface area contributed by atoms with Gasteiger partial charge in [-0.05, 0) is 0 Å². The van der Waals surface area contributed by atoms with E-state index in [2.05, 4.69) is 0 Å². The Morgan fingerprint density at radius 2 is 1.00 bits per heavy atom. The van der Waals surface area contributed by atoms with Crippen molar-refractivity contribution in [3.8, 4) is 0 Å². The number of ketones is 2. The number of carbonyl (C=O) groups is 2. The van der Waals surface area contributed by atoms with Crippen molar-refractivity contribution in [2.24, 2.45) is 10.8 Å². The van der Waals surface area contributed by atoms with E-state index in [0.29, 0.717) is 0 Å². The summed E-state index contributed by atoms with van der Waals surface area (Å²) in [5, 5.41) is 0. The molecule has 0 aliphatic carbocycles. The number of Topliss-reactive ketones (excluding diaryl/α,β-unsaturated/α-hetero) is 2. The molecule has 3 heteroatoms. The Labute approximate surface area is 106 Å². The molecule has 0 heterocycles. The van der Waals surface area contributed by atoms with Crippen LogP contribution in [0.1, 0.15) is 48.0 Å². The molecule has 0 saturated heterocycles. The van der Waals surface area contributed by atoms with Gasteiger partial charge in [0.05, 0.1) is 6.42 Å². The summed E-state index contributed by atoms with van der Waals surface area (Å²) in [6, 6.07) is 0. The minimum absolute atomic E-state index is 0. The van der Waals surface area contributed by atoms with Crippen molar-refractivity contribution >= 4 is 11.6 Å². The standard InChI is InChI=1S/C11H20O2.Zr/c1-10(2,3)8(12)7-9(13)11(4,5)6;/h7H2,1-6H3;/q;+4. The van der Waals surface area contributed by atoms with E-state index in [-0.39, 0.29) is 44.2 Å². The van der Waals surface area contributed by atoms with Gasteiger partial charge < -0.3 is 0 Å². The van der Waals surface area contributed by atoms with E-state index in [1.165, 1.54) is 0 Å². The van der Waals surface area contributed by atoms with Crippen LogP contribution in [0.15, 0.2) is 0 Å². The molecule has 14 heavy (non-hydrogen) atoms. The normalized spacial score (nSPS) is 11.9. The molecule has 0 aromatic carbocycles. The zero-order valence-electron chi connectivity index (χ0n) is 10.0. The third-order valence-corrected chi connectivity index (χ3v) is 1.99. The molecule has 0 spiro atoms. The SMILES string of the molecule is CC(C)(C)C(=O)CC(=O)C(C)(C)C.[Zr+4]. The Bertz CT molecular complexity index is 194. The van der Waals surface area contributed by atoms with Crippen LogP contribution in [0, 0.1) is 10.8 Å². The van der Waals surface area contributed by atoms with Crippen LogP contribution in [0.2, 0.25) is 0 Å². The molecule has 0 N–H and O–H groups in total. The summed E-state index contributed by atoms with van der Waals surface area (Å²) >= 11 is 0. The summed E-state index contributed by atoms with van der Waals surface area (Å²) in [6.45, 7) is 11.0. The number of hydrogen-bond donors (Lipinski definition) is 0. The first-order valence-corrected chi connectivity index (χ1v) is 4.62. The van der Waals surface area contributed by atoms with Gasteiger partial charge in [0.15, 0.2) is 0 Å². The minimum Gasteiger partial charge on any atom is -0.299 e. The monoisotopic (exact) mass is 274 g/mol. The zero-order valence-corrected chi connectivity index (χ0v) is 12.5. The molecule has 0 unspecified atom stereocenters. The van der Waals surface area contributed by atoms with Crippen molar-refractivity contribution < 1.29 is 35.8 Å². The third kappa shape index (κ3) is 5.85. The second kappa shape index (κ2) is 5.35. The molecule has 0 rings (SSSR count). The van der Waals surface area contributed by atoms with Gasteiger partial charge in [0.25, 0.3) is 0 Å². The minimum atomic E-state index is -0.402. The zero-order chi connectivity index (χ0) is 10.9. The van der Waals surface area contributed by atoms with Crippen LogP contribution in [-0.4, -0.2) is 11.6 Å². The van der Waals surface area contributed by atoms with Gasteiger partial charge in [-0.1, -0.05) is 41.5 Å². The number of hydrogen-bond acceptors (Lipinski definition) is 2. The van der Waals surface area contributed by atoms with Gasteiger partial charge in [-0.15, -0.1) is 0 Å². The Balaban J connectivity index is 0. The molecule has 0 aromatic heterocycles. The largest absolute Gasteiger partial charge is 4.00 e. The molecule has 0 aliphatic heterocycles. The summed E-state index contributed by atoms with van der Waals surface area (Å²) < 4.78 is 0. The van der Waals surface area contributed by atoms with Gasteiger partial charge in [-0.2, -0.15) is 0 Å². The van der Waals surface area contributed by atoms with Gasteiger partial charge in [0.1, 0.15) is 11.6 Å². The van der Waals surface area contributed by atoms with Crippen LogP contribution >= 0.6 is 0 Å². The van der Waals surface area contributed by atoms with E-state index in [9.17, 15) is 9.59 Å². The second-order valence-electron chi connectivity index (χ2n) is 5.52. The maximum absolute atomic E-state index is 11.5. The van der Waals surface area contributed by atoms with Crippen molar-refractivity contribution in [3.05, 3.63) is 0 Å². The Morgan fingerprint density at radius 1 is 0.786 bits per heavy atom. The molecule has 0 atom stereocenters. The van der Waals surface area contributed by atoms with Crippen LogP contribution in [0.25, 0.3) is 0 Å². The Kier molecular flexibility index (Phi) is 6.36. The Morgan fingerprint density at radius 3 is 1.14 bits per heavy atom. The van der Waals surface area contributed by atoms with Crippen molar-refractivity contribution in [1.29, 1.82) is 0 Å². The fraction of sp³-hybridized carbons (Fsp3) is 0.818. The smallest absolute Gasteiger partial charge is 0.299 e. The third-order valence-electron chi connectivity index (χ3n) is 1.99. The van der Waals surface area contributed by atoms with Crippen LogP contribution < -0.4 is 0 Å². The van der Waals surface area contributed by atoms with E-state index in [1.54, 1.807) is 0 Å². The molecule has 0 amide bonds. The summed E-state index contributed by atoms with van der Waals surface area (Å²) in [5.74, 6) is 0.0415. The number of carbonyl (C=O) groups excluding carboxylic acids is 2. The van der Waals surface area contributed by atoms with Crippen molar-refractivity contribution in [2.45, 2.75) is 48.0 Å². The number of rotatable bonds is 2. The van der Waals surface area contributed by atoms with Crippen LogP contribution in [0.3, 0.4) is 0 Å². The molecular formula is C11H20O2Zr+4. The van der Waals surface area contributed by atoms with Gasteiger partial charge in [-0.3, -0.25) is 9.59 Å². The summed E-state index contributed by atoms with van der Waals surface area (Å²) in [5.41, 5.74) is -0.804. The molecular weight excluding hydrogens is 255 g/mol. The first-order chi connectivity index (χ1) is 5.55. The summed E-state index contributed by atoms with van der Waals surface area (Å²) in [4.78, 5) is 23.0. The van der Waals surface area contributed by atoms with Crippen molar-refractivity contribution in [1.82, 2.24) is 0 Å². The molecule has 76 valence electrons. The fourth-order valence-corrected chi connectivity index (χ4v) is 0.676. The van der Waals surface area contributed by atoms with E-state index >= 15 is 0 Å². The molecule has 0 aromatic rings. The first kappa shape index (κ1) is 16.6. The average Bonchev–Trinajstić information content (AvgIpc) is 1.82. The fourth-order valence-electron chi connectivity index (χ4n) is 0.676. The van der Waals surface area contributed by atoms with E-state index in [4.69, 9.17) is 0 Å². The summed E-state index contributed by atoms with van der Waals surface area (Å²) in [7, 11) is 0. The predicted octanol–water partition coefficient (Wildman–Crippen LogP) is 2.60. The van der Waals surface area contributed by atoms with Gasteiger partial charge in [0, 0.05) is 10.8 Å². The van der Waals surface area contributed by atoms with Crippen LogP contribution in [-0.2, 0) is 35.8 Å². The maximum atomic E-state index is 11.5. The Hall–Kier alpha value is 0.223. The van der Waals surface area contributed by atoms with Crippen LogP contribution in [0.4, 0.5) is 0 Å². The maximum Gasteiger partial charge on any atom is 4.00 e. The van der Waals surface area contributed by atoms with Crippen molar-refractivity contribution in [2.75, 3.05) is 0 Å². The quantitative estimate of drug-likeness (QED) is 0.726. The average molecular weight is 276 g/mol. The van der Waals surface area contributed by atoms with Gasteiger partial charge in [-0.25, -0.2) is 0 Å².